The lowest BCUT2D eigenvalue weighted by atomic mass is 10.1. The summed E-state index contributed by atoms with van der Waals surface area (Å²) in [6.45, 7) is 5.25. The Bertz CT molecular complexity index is 411. The fourth-order valence-electron chi connectivity index (χ4n) is 2.72. The number of aliphatic hydroxyl groups is 1. The van der Waals surface area contributed by atoms with Gasteiger partial charge in [-0.3, -0.25) is 0 Å². The van der Waals surface area contributed by atoms with E-state index in [0.29, 0.717) is 0 Å². The Morgan fingerprint density at radius 1 is 1.47 bits per heavy atom. The van der Waals surface area contributed by atoms with Crippen LogP contribution in [0, 0.1) is 0 Å². The molecule has 2 rings (SSSR count). The van der Waals surface area contributed by atoms with Crippen LogP contribution >= 0.6 is 11.6 Å². The summed E-state index contributed by atoms with van der Waals surface area (Å²) in [5.74, 6) is 0. The lowest BCUT2D eigenvalue weighted by molar-refractivity contribution is 0.266. The van der Waals surface area contributed by atoms with E-state index >= 15 is 0 Å². The Morgan fingerprint density at radius 2 is 2.32 bits per heavy atom. The lowest BCUT2D eigenvalue weighted by Gasteiger charge is -2.28. The molecule has 0 radical (unpaired) electrons. The van der Waals surface area contributed by atoms with E-state index in [0.717, 1.165) is 43.9 Å². The number of aliphatic hydroxyl groups excluding tert-OH is 1. The van der Waals surface area contributed by atoms with Gasteiger partial charge in [0.1, 0.15) is 0 Å². The van der Waals surface area contributed by atoms with Crippen LogP contribution in [0.4, 0.5) is 5.69 Å². The van der Waals surface area contributed by atoms with Crippen molar-refractivity contribution in [3.63, 3.8) is 0 Å². The minimum Gasteiger partial charge on any atom is -0.394 e. The number of benzene rings is 1. The molecule has 1 atom stereocenters. The molecule has 4 heteroatoms. The number of anilines is 1. The minimum atomic E-state index is 0.227. The molecule has 2 N–H and O–H groups in total. The van der Waals surface area contributed by atoms with Crippen LogP contribution in [0.5, 0.6) is 0 Å². The maximum absolute atomic E-state index is 9.47. The molecule has 0 spiro atoms. The summed E-state index contributed by atoms with van der Waals surface area (Å²) in [6.07, 6.45) is 3.34. The molecule has 1 aromatic carbocycles. The fourth-order valence-corrected chi connectivity index (χ4v) is 2.91. The zero-order valence-corrected chi connectivity index (χ0v) is 12.3. The Labute approximate surface area is 120 Å². The topological polar surface area (TPSA) is 35.5 Å². The third kappa shape index (κ3) is 3.62. The zero-order chi connectivity index (χ0) is 13.7. The molecule has 0 aromatic heterocycles. The van der Waals surface area contributed by atoms with Gasteiger partial charge >= 0.3 is 0 Å². The van der Waals surface area contributed by atoms with Crippen LogP contribution in [0.1, 0.15) is 31.7 Å². The Morgan fingerprint density at radius 3 is 3.05 bits per heavy atom. The molecule has 1 heterocycles. The lowest BCUT2D eigenvalue weighted by Crippen LogP contribution is -2.33. The first kappa shape index (κ1) is 14.6. The first-order valence-electron chi connectivity index (χ1n) is 7.13. The molecule has 1 aliphatic heterocycles. The van der Waals surface area contributed by atoms with Crippen molar-refractivity contribution in [1.82, 2.24) is 5.32 Å². The first-order chi connectivity index (χ1) is 9.26. The van der Waals surface area contributed by atoms with Crippen molar-refractivity contribution < 1.29 is 5.11 Å². The van der Waals surface area contributed by atoms with E-state index in [1.807, 2.05) is 12.1 Å². The minimum absolute atomic E-state index is 0.227. The number of hydrogen-bond donors (Lipinski definition) is 2. The van der Waals surface area contributed by atoms with Gasteiger partial charge in [-0.1, -0.05) is 18.5 Å². The summed E-state index contributed by atoms with van der Waals surface area (Å²) in [6, 6.07) is 6.31. The second kappa shape index (κ2) is 7.13. The number of nitrogens with one attached hydrogen (secondary N) is 1. The molecule has 19 heavy (non-hydrogen) atoms. The fraction of sp³-hybridized carbons (Fsp3) is 0.600. The highest BCUT2D eigenvalue weighted by Gasteiger charge is 2.25. The molecule has 1 aromatic rings. The predicted molar refractivity (Wildman–Crippen MR) is 80.9 cm³/mol. The van der Waals surface area contributed by atoms with Crippen LogP contribution in [-0.2, 0) is 6.54 Å². The molecule has 0 saturated carbocycles. The smallest absolute Gasteiger partial charge is 0.0635 e. The monoisotopic (exact) mass is 282 g/mol. The van der Waals surface area contributed by atoms with Crippen LogP contribution in [0.3, 0.4) is 0 Å². The molecule has 1 unspecified atom stereocenters. The summed E-state index contributed by atoms with van der Waals surface area (Å²) >= 11 is 6.11. The van der Waals surface area contributed by atoms with Crippen molar-refractivity contribution in [3.8, 4) is 0 Å². The van der Waals surface area contributed by atoms with Gasteiger partial charge in [0.05, 0.1) is 12.6 Å². The van der Waals surface area contributed by atoms with Gasteiger partial charge in [-0.25, -0.2) is 0 Å². The van der Waals surface area contributed by atoms with E-state index in [1.165, 1.54) is 11.3 Å². The second-order valence-corrected chi connectivity index (χ2v) is 5.56. The normalized spacial score (nSPS) is 19.1. The molecule has 0 aliphatic carbocycles. The van der Waals surface area contributed by atoms with Crippen molar-refractivity contribution in [2.75, 3.05) is 24.6 Å². The quantitative estimate of drug-likeness (QED) is 0.788. The Kier molecular flexibility index (Phi) is 5.49. The van der Waals surface area contributed by atoms with Crippen molar-refractivity contribution in [2.45, 2.75) is 38.8 Å². The second-order valence-electron chi connectivity index (χ2n) is 5.12. The van der Waals surface area contributed by atoms with Crippen LogP contribution in [0.2, 0.25) is 5.02 Å². The third-order valence-corrected chi connectivity index (χ3v) is 3.92. The predicted octanol–water partition coefficient (Wildman–Crippen LogP) is 2.80. The van der Waals surface area contributed by atoms with Gasteiger partial charge in [0.15, 0.2) is 0 Å². The van der Waals surface area contributed by atoms with Crippen LogP contribution < -0.4 is 10.2 Å². The van der Waals surface area contributed by atoms with Gasteiger partial charge in [0.2, 0.25) is 0 Å². The summed E-state index contributed by atoms with van der Waals surface area (Å²) in [5.41, 5.74) is 2.44. The van der Waals surface area contributed by atoms with Crippen molar-refractivity contribution >= 4 is 17.3 Å². The van der Waals surface area contributed by atoms with Crippen molar-refractivity contribution in [1.29, 1.82) is 0 Å². The van der Waals surface area contributed by atoms with Gasteiger partial charge in [-0.05, 0) is 49.6 Å². The average Bonchev–Trinajstić information content (AvgIpc) is 2.87. The molecule has 0 bridgehead atoms. The van der Waals surface area contributed by atoms with Crippen LogP contribution in [0.25, 0.3) is 0 Å². The van der Waals surface area contributed by atoms with E-state index in [2.05, 4.69) is 23.2 Å². The molecule has 3 nitrogen and oxygen atoms in total. The third-order valence-electron chi connectivity index (χ3n) is 3.68. The molecule has 1 saturated heterocycles. The van der Waals surface area contributed by atoms with E-state index in [9.17, 15) is 5.11 Å². The Balaban J connectivity index is 2.18. The maximum Gasteiger partial charge on any atom is 0.0635 e. The van der Waals surface area contributed by atoms with Crippen molar-refractivity contribution in [2.24, 2.45) is 0 Å². The molecule has 0 amide bonds. The van der Waals surface area contributed by atoms with E-state index < -0.39 is 0 Å². The maximum atomic E-state index is 9.47. The van der Waals surface area contributed by atoms with Gasteiger partial charge in [-0.2, -0.15) is 0 Å². The van der Waals surface area contributed by atoms with Crippen LogP contribution in [0.15, 0.2) is 18.2 Å². The largest absolute Gasteiger partial charge is 0.394 e. The first-order valence-corrected chi connectivity index (χ1v) is 7.50. The van der Waals surface area contributed by atoms with Crippen molar-refractivity contribution in [3.05, 3.63) is 28.8 Å². The number of rotatable bonds is 6. The van der Waals surface area contributed by atoms with E-state index in [1.54, 1.807) is 0 Å². The highest BCUT2D eigenvalue weighted by Crippen LogP contribution is 2.30. The highest BCUT2D eigenvalue weighted by molar-refractivity contribution is 6.30. The summed E-state index contributed by atoms with van der Waals surface area (Å²) in [7, 11) is 0. The molecule has 106 valence electrons. The molecular weight excluding hydrogens is 260 g/mol. The standard InChI is InChI=1S/C15H23ClN2O/c1-2-7-17-10-12-9-13(16)5-6-15(12)18-8-3-4-14(18)11-19/h5-6,9,14,17,19H,2-4,7-8,10-11H2,1H3. The molecule has 1 fully saturated rings. The summed E-state index contributed by atoms with van der Waals surface area (Å²) in [4.78, 5) is 2.32. The SMILES string of the molecule is CCCNCc1cc(Cl)ccc1N1CCCC1CO. The van der Waals surface area contributed by atoms with Gasteiger partial charge in [0.25, 0.3) is 0 Å². The Hall–Kier alpha value is -0.770. The zero-order valence-electron chi connectivity index (χ0n) is 11.5. The van der Waals surface area contributed by atoms with Gasteiger partial charge in [0, 0.05) is 23.8 Å². The molecule has 1 aliphatic rings. The van der Waals surface area contributed by atoms with Gasteiger partial charge < -0.3 is 15.3 Å². The number of halogens is 1. The van der Waals surface area contributed by atoms with Gasteiger partial charge in [-0.15, -0.1) is 0 Å². The number of nitrogens with zero attached hydrogens (tertiary/aromatic N) is 1. The van der Waals surface area contributed by atoms with Crippen LogP contribution in [-0.4, -0.2) is 30.8 Å². The molecular formula is C15H23ClN2O. The van der Waals surface area contributed by atoms with E-state index in [-0.39, 0.29) is 12.6 Å². The summed E-state index contributed by atoms with van der Waals surface area (Å²) in [5, 5.41) is 13.7. The average molecular weight is 283 g/mol. The summed E-state index contributed by atoms with van der Waals surface area (Å²) < 4.78 is 0. The van der Waals surface area contributed by atoms with E-state index in [4.69, 9.17) is 11.6 Å². The highest BCUT2D eigenvalue weighted by atomic mass is 35.5. The number of hydrogen-bond acceptors (Lipinski definition) is 3.